The van der Waals surface area contributed by atoms with Gasteiger partial charge in [-0.1, -0.05) is 42.1 Å². The van der Waals surface area contributed by atoms with Crippen LogP contribution in [0.15, 0.2) is 53.7 Å². The molecule has 2 aromatic carbocycles. The third-order valence-electron chi connectivity index (χ3n) is 4.11. The number of nitrogens with zero attached hydrogens (tertiary/aromatic N) is 2. The molecule has 7 heteroatoms. The first-order chi connectivity index (χ1) is 13.8. The lowest BCUT2D eigenvalue weighted by Gasteiger charge is -2.20. The SMILES string of the molecule is COC(=O)c1ccccc1CSc1nc2ccccc2n1CC(=O)OC(C)(C)C. The number of esters is 2. The molecule has 0 unspecified atom stereocenters. The number of ether oxygens (including phenoxy) is 2. The molecule has 0 radical (unpaired) electrons. The highest BCUT2D eigenvalue weighted by Gasteiger charge is 2.20. The minimum atomic E-state index is -0.555. The van der Waals surface area contributed by atoms with Gasteiger partial charge in [-0.15, -0.1) is 0 Å². The minimum absolute atomic E-state index is 0.0682. The van der Waals surface area contributed by atoms with Gasteiger partial charge in [-0.2, -0.15) is 0 Å². The van der Waals surface area contributed by atoms with Crippen LogP contribution in [0.4, 0.5) is 0 Å². The van der Waals surface area contributed by atoms with E-state index in [-0.39, 0.29) is 18.5 Å². The van der Waals surface area contributed by atoms with E-state index in [1.165, 1.54) is 18.9 Å². The van der Waals surface area contributed by atoms with Gasteiger partial charge in [0.05, 0.1) is 23.7 Å². The van der Waals surface area contributed by atoms with Crippen molar-refractivity contribution in [3.05, 3.63) is 59.7 Å². The van der Waals surface area contributed by atoms with Gasteiger partial charge < -0.3 is 14.0 Å². The monoisotopic (exact) mass is 412 g/mol. The number of fused-ring (bicyclic) bond motifs is 1. The smallest absolute Gasteiger partial charge is 0.338 e. The van der Waals surface area contributed by atoms with E-state index in [2.05, 4.69) is 4.98 Å². The fourth-order valence-corrected chi connectivity index (χ4v) is 3.93. The molecule has 1 aromatic heterocycles. The average molecular weight is 413 g/mol. The lowest BCUT2D eigenvalue weighted by atomic mass is 10.1. The first kappa shape index (κ1) is 20.9. The second-order valence-electron chi connectivity index (χ2n) is 7.49. The summed E-state index contributed by atoms with van der Waals surface area (Å²) in [5, 5.41) is 0.691. The third-order valence-corrected chi connectivity index (χ3v) is 5.13. The highest BCUT2D eigenvalue weighted by Crippen LogP contribution is 2.28. The first-order valence-corrected chi connectivity index (χ1v) is 10.2. The van der Waals surface area contributed by atoms with Crippen LogP contribution in [-0.4, -0.2) is 34.2 Å². The summed E-state index contributed by atoms with van der Waals surface area (Å²) in [6, 6.07) is 15.0. The predicted molar refractivity (Wildman–Crippen MR) is 113 cm³/mol. The Bertz CT molecular complexity index is 1040. The van der Waals surface area contributed by atoms with Crippen molar-refractivity contribution in [2.24, 2.45) is 0 Å². The van der Waals surface area contributed by atoms with Crippen LogP contribution >= 0.6 is 11.8 Å². The number of thioether (sulfide) groups is 1. The van der Waals surface area contributed by atoms with E-state index in [1.54, 1.807) is 12.1 Å². The number of carbonyl (C=O) groups excluding carboxylic acids is 2. The number of methoxy groups -OCH3 is 1. The molecular weight excluding hydrogens is 388 g/mol. The Morgan fingerprint density at radius 3 is 2.48 bits per heavy atom. The molecule has 0 spiro atoms. The van der Waals surface area contributed by atoms with Crippen LogP contribution in [0, 0.1) is 0 Å². The maximum atomic E-state index is 12.4. The zero-order chi connectivity index (χ0) is 21.0. The van der Waals surface area contributed by atoms with Crippen LogP contribution in [0.3, 0.4) is 0 Å². The van der Waals surface area contributed by atoms with Crippen molar-refractivity contribution in [1.29, 1.82) is 0 Å². The molecule has 0 amide bonds. The van der Waals surface area contributed by atoms with Crippen molar-refractivity contribution in [3.8, 4) is 0 Å². The molecule has 0 fully saturated rings. The van der Waals surface area contributed by atoms with E-state index in [9.17, 15) is 9.59 Å². The van der Waals surface area contributed by atoms with Crippen molar-refractivity contribution in [3.63, 3.8) is 0 Å². The summed E-state index contributed by atoms with van der Waals surface area (Å²) in [5.74, 6) is -0.177. The molecule has 1 heterocycles. The number of carbonyl (C=O) groups is 2. The lowest BCUT2D eigenvalue weighted by Crippen LogP contribution is -2.26. The third kappa shape index (κ3) is 5.17. The summed E-state index contributed by atoms with van der Waals surface area (Å²) in [4.78, 5) is 29.1. The van der Waals surface area contributed by atoms with Gasteiger partial charge >= 0.3 is 11.9 Å². The topological polar surface area (TPSA) is 70.4 Å². The number of para-hydroxylation sites is 2. The Kier molecular flexibility index (Phi) is 6.27. The summed E-state index contributed by atoms with van der Waals surface area (Å²) in [7, 11) is 1.37. The second-order valence-corrected chi connectivity index (χ2v) is 8.44. The number of hydrogen-bond donors (Lipinski definition) is 0. The maximum Gasteiger partial charge on any atom is 0.338 e. The van der Waals surface area contributed by atoms with Crippen molar-refractivity contribution < 1.29 is 19.1 Å². The fourth-order valence-electron chi connectivity index (χ4n) is 2.92. The predicted octanol–water partition coefficient (Wildman–Crippen LogP) is 4.46. The molecule has 0 bridgehead atoms. The largest absolute Gasteiger partial charge is 0.465 e. The molecule has 3 aromatic rings. The normalized spacial score (nSPS) is 11.4. The average Bonchev–Trinajstić information content (AvgIpc) is 3.02. The van der Waals surface area contributed by atoms with Gasteiger partial charge in [0.15, 0.2) is 5.16 Å². The van der Waals surface area contributed by atoms with Gasteiger partial charge in [0.25, 0.3) is 0 Å². The Morgan fingerprint density at radius 2 is 1.76 bits per heavy atom. The summed E-state index contributed by atoms with van der Waals surface area (Å²) in [5.41, 5.74) is 2.49. The molecule has 152 valence electrons. The molecule has 0 aliphatic carbocycles. The number of imidazole rings is 1. The lowest BCUT2D eigenvalue weighted by molar-refractivity contribution is -0.155. The van der Waals surface area contributed by atoms with Gasteiger partial charge in [-0.05, 0) is 44.5 Å². The van der Waals surface area contributed by atoms with Crippen LogP contribution in [0.25, 0.3) is 11.0 Å². The highest BCUT2D eigenvalue weighted by atomic mass is 32.2. The molecule has 0 aliphatic heterocycles. The van der Waals surface area contributed by atoms with Crippen molar-refractivity contribution in [2.45, 2.75) is 43.8 Å². The Hall–Kier alpha value is -2.80. The van der Waals surface area contributed by atoms with Crippen molar-refractivity contribution in [2.75, 3.05) is 7.11 Å². The molecule has 3 rings (SSSR count). The van der Waals surface area contributed by atoms with Gasteiger partial charge in [0.1, 0.15) is 12.1 Å². The molecule has 0 N–H and O–H groups in total. The standard InChI is InChI=1S/C22H24N2O4S/c1-22(2,3)28-19(25)13-24-18-12-8-7-11-17(18)23-21(24)29-14-15-9-5-6-10-16(15)20(26)27-4/h5-12H,13-14H2,1-4H3. The molecule has 0 atom stereocenters. The number of benzene rings is 2. The van der Waals surface area contributed by atoms with Crippen LogP contribution in [0.5, 0.6) is 0 Å². The Labute approximate surface area is 174 Å². The maximum absolute atomic E-state index is 12.4. The molecule has 6 nitrogen and oxygen atoms in total. The van der Waals surface area contributed by atoms with Gasteiger partial charge in [-0.3, -0.25) is 4.79 Å². The van der Waals surface area contributed by atoms with Crippen LogP contribution < -0.4 is 0 Å². The Balaban J connectivity index is 1.88. The van der Waals surface area contributed by atoms with Crippen LogP contribution in [0.1, 0.15) is 36.7 Å². The molecule has 0 saturated carbocycles. The van der Waals surface area contributed by atoms with E-state index in [4.69, 9.17) is 9.47 Å². The summed E-state index contributed by atoms with van der Waals surface area (Å²) >= 11 is 1.46. The Morgan fingerprint density at radius 1 is 1.07 bits per heavy atom. The van der Waals surface area contributed by atoms with Gasteiger partial charge in [0.2, 0.25) is 0 Å². The summed E-state index contributed by atoms with van der Waals surface area (Å²) < 4.78 is 12.2. The van der Waals surface area contributed by atoms with Crippen LogP contribution in [0.2, 0.25) is 0 Å². The zero-order valence-corrected chi connectivity index (χ0v) is 17.8. The minimum Gasteiger partial charge on any atom is -0.465 e. The number of rotatable bonds is 6. The number of hydrogen-bond acceptors (Lipinski definition) is 6. The van der Waals surface area contributed by atoms with Crippen molar-refractivity contribution >= 4 is 34.7 Å². The molecule has 29 heavy (non-hydrogen) atoms. The van der Waals surface area contributed by atoms with Crippen molar-refractivity contribution in [1.82, 2.24) is 9.55 Å². The molecule has 0 aliphatic rings. The van der Waals surface area contributed by atoms with Gasteiger partial charge in [0, 0.05) is 5.75 Å². The van der Waals surface area contributed by atoms with E-state index in [0.717, 1.165) is 16.6 Å². The van der Waals surface area contributed by atoms with E-state index >= 15 is 0 Å². The molecule has 0 saturated heterocycles. The summed E-state index contributed by atoms with van der Waals surface area (Å²) in [6.07, 6.45) is 0. The first-order valence-electron chi connectivity index (χ1n) is 9.24. The quantitative estimate of drug-likeness (QED) is 0.440. The zero-order valence-electron chi connectivity index (χ0n) is 17.0. The fraction of sp³-hybridized carbons (Fsp3) is 0.318. The number of aromatic nitrogens is 2. The van der Waals surface area contributed by atoms with E-state index in [1.807, 2.05) is 61.7 Å². The van der Waals surface area contributed by atoms with E-state index in [0.29, 0.717) is 16.5 Å². The highest BCUT2D eigenvalue weighted by molar-refractivity contribution is 7.98. The van der Waals surface area contributed by atoms with Crippen LogP contribution in [-0.2, 0) is 26.6 Å². The summed E-state index contributed by atoms with van der Waals surface area (Å²) in [6.45, 7) is 5.60. The molecular formula is C22H24N2O4S. The van der Waals surface area contributed by atoms with E-state index < -0.39 is 5.60 Å². The van der Waals surface area contributed by atoms with Gasteiger partial charge in [-0.25, -0.2) is 9.78 Å². The second kappa shape index (κ2) is 8.69.